The second-order valence-corrected chi connectivity index (χ2v) is 1.48. The van der Waals surface area contributed by atoms with Crippen LogP contribution in [0.2, 0.25) is 0 Å². The van der Waals surface area contributed by atoms with E-state index in [-0.39, 0.29) is 0 Å². The van der Waals surface area contributed by atoms with Gasteiger partial charge in [-0.15, -0.1) is 0 Å². The molecule has 0 heterocycles. The Morgan fingerprint density at radius 1 is 0.857 bits per heavy atom. The van der Waals surface area contributed by atoms with Crippen molar-refractivity contribution in [3.05, 3.63) is 0 Å². The van der Waals surface area contributed by atoms with E-state index in [0.717, 1.165) is 0 Å². The highest BCUT2D eigenvalue weighted by Gasteiger charge is 1.85. The van der Waals surface area contributed by atoms with Gasteiger partial charge in [-0.3, -0.25) is 0 Å². The van der Waals surface area contributed by atoms with Crippen molar-refractivity contribution in [2.24, 2.45) is 0 Å². The molecule has 6 nitrogen and oxygen atoms in total. The maximum Gasteiger partial charge on any atom is 0.406 e. The van der Waals surface area contributed by atoms with Crippen LogP contribution in [0.25, 0.3) is 0 Å². The molecule has 0 aromatic rings. The SMILES string of the molecule is CC.CNC(=O)OC.CNC(=O)OC. The number of carbonyl (C=O) groups is 2. The third kappa shape index (κ3) is 22.4. The van der Waals surface area contributed by atoms with E-state index < -0.39 is 12.2 Å². The number of rotatable bonds is 0. The fourth-order valence-corrected chi connectivity index (χ4v) is 0.204. The van der Waals surface area contributed by atoms with Crippen LogP contribution in [0, 0.1) is 0 Å². The van der Waals surface area contributed by atoms with Crippen LogP contribution in [-0.2, 0) is 9.47 Å². The Hall–Kier alpha value is -1.46. The zero-order valence-corrected chi connectivity index (χ0v) is 9.63. The summed E-state index contributed by atoms with van der Waals surface area (Å²) in [5.41, 5.74) is 0. The van der Waals surface area contributed by atoms with Crippen molar-refractivity contribution in [3.63, 3.8) is 0 Å². The molecule has 6 heteroatoms. The summed E-state index contributed by atoms with van der Waals surface area (Å²) >= 11 is 0. The summed E-state index contributed by atoms with van der Waals surface area (Å²) in [7, 11) is 5.65. The highest BCUT2D eigenvalue weighted by Crippen LogP contribution is 1.62. The van der Waals surface area contributed by atoms with Gasteiger partial charge >= 0.3 is 12.2 Å². The van der Waals surface area contributed by atoms with E-state index in [0.29, 0.717) is 0 Å². The van der Waals surface area contributed by atoms with E-state index in [1.165, 1.54) is 28.3 Å². The van der Waals surface area contributed by atoms with Gasteiger partial charge in [0.1, 0.15) is 0 Å². The van der Waals surface area contributed by atoms with Crippen LogP contribution in [-0.4, -0.2) is 40.5 Å². The van der Waals surface area contributed by atoms with Gasteiger partial charge in [0.05, 0.1) is 14.2 Å². The summed E-state index contributed by atoms with van der Waals surface area (Å²) in [4.78, 5) is 19.7. The zero-order valence-electron chi connectivity index (χ0n) is 9.63. The van der Waals surface area contributed by atoms with Crippen LogP contribution in [0.5, 0.6) is 0 Å². The molecule has 0 aromatic heterocycles. The molecular weight excluding hydrogens is 188 g/mol. The zero-order chi connectivity index (χ0) is 12.0. The van der Waals surface area contributed by atoms with Crippen molar-refractivity contribution in [1.29, 1.82) is 0 Å². The van der Waals surface area contributed by atoms with Crippen molar-refractivity contribution in [2.75, 3.05) is 28.3 Å². The molecule has 0 aliphatic rings. The van der Waals surface area contributed by atoms with E-state index in [9.17, 15) is 9.59 Å². The Morgan fingerprint density at radius 3 is 1.07 bits per heavy atom. The van der Waals surface area contributed by atoms with Crippen molar-refractivity contribution in [2.45, 2.75) is 13.8 Å². The predicted molar refractivity (Wildman–Crippen MR) is 54.3 cm³/mol. The Bertz CT molecular complexity index is 111. The molecule has 86 valence electrons. The quantitative estimate of drug-likeness (QED) is 0.622. The Kier molecular flexibility index (Phi) is 23.0. The topological polar surface area (TPSA) is 76.7 Å². The van der Waals surface area contributed by atoms with Gasteiger partial charge in [0.2, 0.25) is 0 Å². The minimum absolute atomic E-state index is 0.407. The van der Waals surface area contributed by atoms with Gasteiger partial charge < -0.3 is 20.1 Å². The third-order valence-corrected chi connectivity index (χ3v) is 0.779. The molecule has 0 fully saturated rings. The molecule has 2 amide bonds. The maximum atomic E-state index is 9.85. The molecule has 14 heavy (non-hydrogen) atoms. The normalized spacial score (nSPS) is 6.43. The van der Waals surface area contributed by atoms with Crippen molar-refractivity contribution in [1.82, 2.24) is 10.6 Å². The summed E-state index contributed by atoms with van der Waals surface area (Å²) in [6, 6.07) is 0. The largest absolute Gasteiger partial charge is 0.453 e. The van der Waals surface area contributed by atoms with Crippen LogP contribution in [0.1, 0.15) is 13.8 Å². The first-order valence-corrected chi connectivity index (χ1v) is 4.13. The molecule has 0 saturated heterocycles. The van der Waals surface area contributed by atoms with Gasteiger partial charge in [-0.1, -0.05) is 13.8 Å². The number of hydrogen-bond acceptors (Lipinski definition) is 4. The van der Waals surface area contributed by atoms with E-state index in [4.69, 9.17) is 0 Å². The summed E-state index contributed by atoms with van der Waals surface area (Å²) in [6.45, 7) is 4.00. The Labute approximate surface area is 85.0 Å². The van der Waals surface area contributed by atoms with Gasteiger partial charge in [0.25, 0.3) is 0 Å². The standard InChI is InChI=1S/2C3H7NO2.C2H6/c2*1-4-3(5)6-2;1-2/h2*1-2H3,(H,4,5);1-2H3. The number of amides is 2. The van der Waals surface area contributed by atoms with E-state index in [1.807, 2.05) is 13.8 Å². The highest BCUT2D eigenvalue weighted by atomic mass is 16.5. The molecule has 0 unspecified atom stereocenters. The summed E-state index contributed by atoms with van der Waals surface area (Å²) in [5, 5.41) is 4.51. The van der Waals surface area contributed by atoms with E-state index in [1.54, 1.807) is 0 Å². The lowest BCUT2D eigenvalue weighted by Gasteiger charge is -1.90. The first-order valence-electron chi connectivity index (χ1n) is 4.13. The monoisotopic (exact) mass is 208 g/mol. The average Bonchev–Trinajstić information content (AvgIpc) is 2.30. The summed E-state index contributed by atoms with van der Waals surface area (Å²) in [6.07, 6.45) is -0.815. The number of carbonyl (C=O) groups excluding carboxylic acids is 2. The number of methoxy groups -OCH3 is 2. The van der Waals surface area contributed by atoms with Crippen LogP contribution in [0.4, 0.5) is 9.59 Å². The Balaban J connectivity index is -0.000000147. The fraction of sp³-hybridized carbons (Fsp3) is 0.750. The van der Waals surface area contributed by atoms with Crippen molar-refractivity contribution < 1.29 is 19.1 Å². The second kappa shape index (κ2) is 17.6. The molecule has 0 radical (unpaired) electrons. The van der Waals surface area contributed by atoms with Crippen molar-refractivity contribution in [3.8, 4) is 0 Å². The van der Waals surface area contributed by atoms with E-state index >= 15 is 0 Å². The second-order valence-electron chi connectivity index (χ2n) is 1.48. The highest BCUT2D eigenvalue weighted by molar-refractivity contribution is 5.66. The van der Waals surface area contributed by atoms with Crippen molar-refractivity contribution >= 4 is 12.2 Å². The average molecular weight is 208 g/mol. The molecule has 0 atom stereocenters. The fourth-order valence-electron chi connectivity index (χ4n) is 0.204. The lowest BCUT2D eigenvalue weighted by atomic mass is 11.0. The number of nitrogens with one attached hydrogen (secondary N) is 2. The Morgan fingerprint density at radius 2 is 1.07 bits per heavy atom. The molecule has 0 aromatic carbocycles. The molecule has 0 saturated carbocycles. The first-order chi connectivity index (χ1) is 6.62. The van der Waals surface area contributed by atoms with Crippen LogP contribution in [0.15, 0.2) is 0 Å². The molecule has 0 spiro atoms. The van der Waals surface area contributed by atoms with Gasteiger partial charge in [-0.2, -0.15) is 0 Å². The first kappa shape index (κ1) is 18.3. The molecule has 2 N–H and O–H groups in total. The number of hydrogen-bond donors (Lipinski definition) is 2. The molecule has 0 aliphatic heterocycles. The molecular formula is C8H20N2O4. The van der Waals surface area contributed by atoms with E-state index in [2.05, 4.69) is 20.1 Å². The van der Waals surface area contributed by atoms with Gasteiger partial charge in [-0.25, -0.2) is 9.59 Å². The number of alkyl carbamates (subject to hydrolysis) is 2. The molecule has 0 rings (SSSR count). The van der Waals surface area contributed by atoms with Gasteiger partial charge in [-0.05, 0) is 0 Å². The third-order valence-electron chi connectivity index (χ3n) is 0.779. The minimum Gasteiger partial charge on any atom is -0.453 e. The minimum atomic E-state index is -0.407. The van der Waals surface area contributed by atoms with Gasteiger partial charge in [0.15, 0.2) is 0 Å². The lowest BCUT2D eigenvalue weighted by molar-refractivity contribution is 0.172. The smallest absolute Gasteiger partial charge is 0.406 e. The van der Waals surface area contributed by atoms with Crippen LogP contribution < -0.4 is 10.6 Å². The summed E-state index contributed by atoms with van der Waals surface area (Å²) in [5.74, 6) is 0. The summed E-state index contributed by atoms with van der Waals surface area (Å²) < 4.78 is 8.30. The lowest BCUT2D eigenvalue weighted by Crippen LogP contribution is -2.16. The van der Waals surface area contributed by atoms with Crippen LogP contribution in [0.3, 0.4) is 0 Å². The predicted octanol–water partition coefficient (Wildman–Crippen LogP) is 0.971. The maximum absolute atomic E-state index is 9.85. The molecule has 0 bridgehead atoms. The number of ether oxygens (including phenoxy) is 2. The van der Waals surface area contributed by atoms with Crippen LogP contribution >= 0.6 is 0 Å². The molecule has 0 aliphatic carbocycles. The van der Waals surface area contributed by atoms with Gasteiger partial charge in [0, 0.05) is 14.1 Å².